The molecule has 2 unspecified atom stereocenters. The van der Waals surface area contributed by atoms with Crippen molar-refractivity contribution in [3.63, 3.8) is 0 Å². The Balaban J connectivity index is 1.71. The number of carbonyl (C=O) groups excluding carboxylic acids is 1. The zero-order chi connectivity index (χ0) is 11.4. The van der Waals surface area contributed by atoms with Crippen LogP contribution in [0.25, 0.3) is 0 Å². The van der Waals surface area contributed by atoms with Gasteiger partial charge in [-0.2, -0.15) is 0 Å². The van der Waals surface area contributed by atoms with Crippen molar-refractivity contribution >= 4 is 26.9 Å². The highest BCUT2D eigenvalue weighted by Crippen LogP contribution is 2.52. The molecule has 0 aromatic carbocycles. The lowest BCUT2D eigenvalue weighted by Crippen LogP contribution is -2.02. The summed E-state index contributed by atoms with van der Waals surface area (Å²) in [5.74, 6) is 8.51. The summed E-state index contributed by atoms with van der Waals surface area (Å²) in [6.45, 7) is 0.613. The van der Waals surface area contributed by atoms with Gasteiger partial charge in [-0.15, -0.1) is 11.8 Å². The number of fused-ring (bicyclic) bond motifs is 1. The van der Waals surface area contributed by atoms with Gasteiger partial charge in [0, 0.05) is 23.6 Å². The van der Waals surface area contributed by atoms with Crippen molar-refractivity contribution in [2.45, 2.75) is 25.7 Å². The fourth-order valence-electron chi connectivity index (χ4n) is 2.54. The molecule has 2 atom stereocenters. The third-order valence-corrected chi connectivity index (χ3v) is 4.71. The molecule has 0 saturated heterocycles. The molecule has 0 bridgehead atoms. The Labute approximate surface area is 105 Å². The van der Waals surface area contributed by atoms with E-state index in [0.29, 0.717) is 12.5 Å². The molecule has 2 aliphatic carbocycles. The zero-order valence-electron chi connectivity index (χ0n) is 9.40. The van der Waals surface area contributed by atoms with Crippen molar-refractivity contribution in [3.8, 4) is 11.8 Å². The third-order valence-electron chi connectivity index (χ3n) is 3.38. The van der Waals surface area contributed by atoms with Crippen LogP contribution in [-0.4, -0.2) is 18.2 Å². The van der Waals surface area contributed by atoms with Crippen molar-refractivity contribution in [2.75, 3.05) is 12.9 Å². The fraction of sp³-hybridized carbons (Fsp3) is 0.750. The lowest BCUT2D eigenvalue weighted by Gasteiger charge is -2.01. The third kappa shape index (κ3) is 3.11. The number of carbonyl (C=O) groups is 1. The van der Waals surface area contributed by atoms with E-state index in [9.17, 15) is 4.79 Å². The molecule has 0 aromatic heterocycles. The minimum absolute atomic E-state index is 0.150. The first-order chi connectivity index (χ1) is 7.83. The molecule has 0 spiro atoms. The topological polar surface area (TPSA) is 26.3 Å². The summed E-state index contributed by atoms with van der Waals surface area (Å²) in [6.07, 6.45) is 6.30. The van der Waals surface area contributed by atoms with E-state index in [4.69, 9.17) is 4.74 Å². The van der Waals surface area contributed by atoms with Crippen molar-refractivity contribution in [2.24, 2.45) is 17.8 Å². The number of hydrogen-bond acceptors (Lipinski definition) is 4. The molecule has 0 heterocycles. The summed E-state index contributed by atoms with van der Waals surface area (Å²) in [4.78, 5) is 11.2. The Hall–Kier alpha value is -0.270. The molecule has 2 aliphatic rings. The van der Waals surface area contributed by atoms with Crippen LogP contribution in [0.2, 0.25) is 0 Å². The SMILES string of the molecule is CSSC(=O)OCC1C2CCC#CCCC21. The lowest BCUT2D eigenvalue weighted by molar-refractivity contribution is 0.166. The molecule has 1 saturated carbocycles. The maximum Gasteiger partial charge on any atom is 0.378 e. The summed E-state index contributed by atoms with van der Waals surface area (Å²) in [6, 6.07) is 0. The molecular weight excluding hydrogens is 240 g/mol. The number of hydrogen-bond donors (Lipinski definition) is 0. The highest BCUT2D eigenvalue weighted by atomic mass is 33.1. The van der Waals surface area contributed by atoms with Gasteiger partial charge in [0.1, 0.15) is 0 Å². The average molecular weight is 256 g/mol. The van der Waals surface area contributed by atoms with Crippen LogP contribution in [0, 0.1) is 29.6 Å². The Bertz CT molecular complexity index is 301. The van der Waals surface area contributed by atoms with Gasteiger partial charge in [0.25, 0.3) is 0 Å². The predicted octanol–water partition coefficient (Wildman–Crippen LogP) is 3.57. The lowest BCUT2D eigenvalue weighted by atomic mass is 10.1. The van der Waals surface area contributed by atoms with Gasteiger partial charge in [-0.05, 0) is 36.9 Å². The van der Waals surface area contributed by atoms with E-state index < -0.39 is 0 Å². The first-order valence-electron chi connectivity index (χ1n) is 5.66. The van der Waals surface area contributed by atoms with Crippen molar-refractivity contribution in [1.82, 2.24) is 0 Å². The summed E-state index contributed by atoms with van der Waals surface area (Å²) < 4.78 is 5.24. The first kappa shape index (κ1) is 12.2. The number of ether oxygens (including phenoxy) is 1. The second kappa shape index (κ2) is 5.88. The van der Waals surface area contributed by atoms with Crippen molar-refractivity contribution in [1.29, 1.82) is 0 Å². The molecule has 88 valence electrons. The van der Waals surface area contributed by atoms with Gasteiger partial charge in [0.2, 0.25) is 0 Å². The van der Waals surface area contributed by atoms with Crippen LogP contribution in [0.1, 0.15) is 25.7 Å². The van der Waals surface area contributed by atoms with Gasteiger partial charge in [-0.3, -0.25) is 0 Å². The van der Waals surface area contributed by atoms with Gasteiger partial charge < -0.3 is 4.74 Å². The highest BCUT2D eigenvalue weighted by Gasteiger charge is 2.49. The van der Waals surface area contributed by atoms with Crippen LogP contribution >= 0.6 is 21.6 Å². The molecular formula is C12H16O2S2. The summed E-state index contributed by atoms with van der Waals surface area (Å²) in [7, 11) is 2.61. The van der Waals surface area contributed by atoms with E-state index in [1.807, 2.05) is 6.26 Å². The Morgan fingerprint density at radius 1 is 1.31 bits per heavy atom. The highest BCUT2D eigenvalue weighted by molar-refractivity contribution is 8.81. The molecule has 0 N–H and O–H groups in total. The normalized spacial score (nSPS) is 31.4. The van der Waals surface area contributed by atoms with Gasteiger partial charge in [0.15, 0.2) is 0 Å². The Kier molecular flexibility index (Phi) is 4.48. The maximum atomic E-state index is 11.2. The average Bonchev–Trinajstić information content (AvgIpc) is 2.86. The van der Waals surface area contributed by atoms with Crippen LogP contribution in [0.5, 0.6) is 0 Å². The molecule has 1 fully saturated rings. The minimum atomic E-state index is -0.150. The maximum absolute atomic E-state index is 11.2. The standard InChI is InChI=1S/C12H16O2S2/c1-15-16-12(13)14-8-11-9-6-4-2-3-5-7-10(9)11/h9-11H,4-8H2,1H3. The molecule has 0 radical (unpaired) electrons. The van der Waals surface area contributed by atoms with Crippen LogP contribution in [-0.2, 0) is 4.74 Å². The van der Waals surface area contributed by atoms with Crippen molar-refractivity contribution in [3.05, 3.63) is 0 Å². The molecule has 0 amide bonds. The molecule has 0 aliphatic heterocycles. The fourth-order valence-corrected chi connectivity index (χ4v) is 3.34. The van der Waals surface area contributed by atoms with E-state index in [0.717, 1.165) is 24.7 Å². The van der Waals surface area contributed by atoms with Crippen LogP contribution in [0.4, 0.5) is 4.79 Å². The molecule has 16 heavy (non-hydrogen) atoms. The van der Waals surface area contributed by atoms with Gasteiger partial charge in [-0.1, -0.05) is 10.8 Å². The summed E-state index contributed by atoms with van der Waals surface area (Å²) in [5.41, 5.74) is 0. The van der Waals surface area contributed by atoms with E-state index >= 15 is 0 Å². The largest absolute Gasteiger partial charge is 0.457 e. The van der Waals surface area contributed by atoms with Gasteiger partial charge in [-0.25, -0.2) is 4.79 Å². The number of rotatable bonds is 3. The van der Waals surface area contributed by atoms with Gasteiger partial charge >= 0.3 is 5.30 Å². The van der Waals surface area contributed by atoms with E-state index in [1.165, 1.54) is 34.4 Å². The summed E-state index contributed by atoms with van der Waals surface area (Å²) in [5, 5.41) is -0.150. The molecule has 0 aromatic rings. The molecule has 2 nitrogen and oxygen atoms in total. The quantitative estimate of drug-likeness (QED) is 0.438. The molecule has 2 rings (SSSR count). The second-order valence-corrected chi connectivity index (χ2v) is 6.57. The Morgan fingerprint density at radius 2 is 1.94 bits per heavy atom. The van der Waals surface area contributed by atoms with E-state index in [1.54, 1.807) is 0 Å². The zero-order valence-corrected chi connectivity index (χ0v) is 11.0. The van der Waals surface area contributed by atoms with Gasteiger partial charge in [0.05, 0.1) is 6.61 Å². The Morgan fingerprint density at radius 3 is 2.50 bits per heavy atom. The first-order valence-corrected chi connectivity index (χ1v) is 8.22. The van der Waals surface area contributed by atoms with Crippen LogP contribution in [0.3, 0.4) is 0 Å². The van der Waals surface area contributed by atoms with E-state index in [2.05, 4.69) is 11.8 Å². The van der Waals surface area contributed by atoms with Crippen LogP contribution in [0.15, 0.2) is 0 Å². The van der Waals surface area contributed by atoms with E-state index in [-0.39, 0.29) is 5.30 Å². The second-order valence-electron chi connectivity index (χ2n) is 4.23. The monoisotopic (exact) mass is 256 g/mol. The van der Waals surface area contributed by atoms with Crippen molar-refractivity contribution < 1.29 is 9.53 Å². The predicted molar refractivity (Wildman–Crippen MR) is 69.2 cm³/mol. The summed E-state index contributed by atoms with van der Waals surface area (Å²) >= 11 is 0. The smallest absolute Gasteiger partial charge is 0.378 e. The van der Waals surface area contributed by atoms with Crippen LogP contribution < -0.4 is 0 Å². The minimum Gasteiger partial charge on any atom is -0.457 e. The molecule has 4 heteroatoms.